The van der Waals surface area contributed by atoms with Crippen molar-refractivity contribution in [1.82, 2.24) is 15.2 Å². The second-order valence-electron chi connectivity index (χ2n) is 5.70. The molecule has 0 aliphatic heterocycles. The van der Waals surface area contributed by atoms with Gasteiger partial charge < -0.3 is 10.6 Å². The maximum atomic E-state index is 13.8. The summed E-state index contributed by atoms with van der Waals surface area (Å²) in [5.41, 5.74) is 3.41. The number of hydrogen-bond acceptors (Lipinski definition) is 5. The molecular weight excluding hydrogens is 336 g/mol. The summed E-state index contributed by atoms with van der Waals surface area (Å²) in [5.74, 6) is -0.768. The van der Waals surface area contributed by atoms with Gasteiger partial charge in [-0.15, -0.1) is 5.10 Å². The third-order valence-electron chi connectivity index (χ3n) is 3.99. The van der Waals surface area contributed by atoms with Crippen LogP contribution >= 0.6 is 0 Å². The van der Waals surface area contributed by atoms with E-state index >= 15 is 0 Å². The van der Waals surface area contributed by atoms with Gasteiger partial charge in [-0.2, -0.15) is 10.1 Å². The van der Waals surface area contributed by atoms with E-state index in [0.29, 0.717) is 5.82 Å². The molecule has 1 heterocycles. The average Bonchev–Trinajstić information content (AvgIpc) is 2.64. The lowest BCUT2D eigenvalue weighted by molar-refractivity contribution is 0.586. The smallest absolute Gasteiger partial charge is 0.249 e. The fourth-order valence-electron chi connectivity index (χ4n) is 2.66. The van der Waals surface area contributed by atoms with Gasteiger partial charge in [-0.1, -0.05) is 32.0 Å². The summed E-state index contributed by atoms with van der Waals surface area (Å²) < 4.78 is 26.8. The van der Waals surface area contributed by atoms with Gasteiger partial charge in [-0.05, 0) is 36.1 Å². The van der Waals surface area contributed by atoms with E-state index in [1.807, 2.05) is 6.07 Å². The summed E-state index contributed by atoms with van der Waals surface area (Å²) in [6.07, 6.45) is 3.25. The SMILES string of the molecule is CCc1cccc(CC)c1Nc1cnnc(Nc2ccc(F)cc2F)n1. The lowest BCUT2D eigenvalue weighted by Gasteiger charge is -2.15. The van der Waals surface area contributed by atoms with Crippen LogP contribution < -0.4 is 10.6 Å². The molecule has 3 aromatic rings. The lowest BCUT2D eigenvalue weighted by atomic mass is 10.0. The fourth-order valence-corrected chi connectivity index (χ4v) is 2.66. The van der Waals surface area contributed by atoms with E-state index < -0.39 is 11.6 Å². The molecule has 0 bridgehead atoms. The normalized spacial score (nSPS) is 10.6. The summed E-state index contributed by atoms with van der Waals surface area (Å²) in [4.78, 5) is 4.32. The predicted molar refractivity (Wildman–Crippen MR) is 97.9 cm³/mol. The van der Waals surface area contributed by atoms with Gasteiger partial charge in [0.1, 0.15) is 11.6 Å². The Balaban J connectivity index is 1.86. The zero-order valence-electron chi connectivity index (χ0n) is 14.6. The molecule has 134 valence electrons. The van der Waals surface area contributed by atoms with Crippen molar-refractivity contribution in [2.45, 2.75) is 26.7 Å². The van der Waals surface area contributed by atoms with Crippen molar-refractivity contribution in [3.05, 3.63) is 65.4 Å². The van der Waals surface area contributed by atoms with Gasteiger partial charge >= 0.3 is 0 Å². The van der Waals surface area contributed by atoms with Crippen LogP contribution in [0.1, 0.15) is 25.0 Å². The van der Waals surface area contributed by atoms with Gasteiger partial charge in [0.25, 0.3) is 0 Å². The molecule has 2 N–H and O–H groups in total. The van der Waals surface area contributed by atoms with Crippen molar-refractivity contribution >= 4 is 23.1 Å². The molecule has 26 heavy (non-hydrogen) atoms. The van der Waals surface area contributed by atoms with E-state index in [-0.39, 0.29) is 11.6 Å². The fraction of sp³-hybridized carbons (Fsp3) is 0.211. The molecule has 0 unspecified atom stereocenters. The molecule has 0 aliphatic carbocycles. The molecule has 0 atom stereocenters. The Hall–Kier alpha value is -3.09. The Morgan fingerprint density at radius 1 is 0.962 bits per heavy atom. The van der Waals surface area contributed by atoms with Crippen molar-refractivity contribution in [2.75, 3.05) is 10.6 Å². The Kier molecular flexibility index (Phi) is 5.36. The first-order valence-corrected chi connectivity index (χ1v) is 8.40. The van der Waals surface area contributed by atoms with Crippen LogP contribution in [0.15, 0.2) is 42.6 Å². The molecular formula is C19H19F2N5. The Morgan fingerprint density at radius 2 is 1.69 bits per heavy atom. The van der Waals surface area contributed by atoms with Gasteiger partial charge in [0.05, 0.1) is 11.9 Å². The molecule has 0 fully saturated rings. The molecule has 0 saturated carbocycles. The average molecular weight is 355 g/mol. The second kappa shape index (κ2) is 7.86. The van der Waals surface area contributed by atoms with E-state index in [4.69, 9.17) is 0 Å². The van der Waals surface area contributed by atoms with Crippen molar-refractivity contribution < 1.29 is 8.78 Å². The van der Waals surface area contributed by atoms with E-state index in [9.17, 15) is 8.78 Å². The van der Waals surface area contributed by atoms with E-state index in [0.717, 1.165) is 30.7 Å². The van der Waals surface area contributed by atoms with Crippen LogP contribution in [0.5, 0.6) is 0 Å². The molecule has 0 saturated heterocycles. The first-order valence-electron chi connectivity index (χ1n) is 8.40. The number of aryl methyl sites for hydroxylation is 2. The minimum atomic E-state index is -0.725. The number of nitrogens with one attached hydrogen (secondary N) is 2. The number of benzene rings is 2. The summed E-state index contributed by atoms with van der Waals surface area (Å²) >= 11 is 0. The molecule has 3 rings (SSSR count). The summed E-state index contributed by atoms with van der Waals surface area (Å²) in [6.45, 7) is 4.17. The first-order chi connectivity index (χ1) is 12.6. The van der Waals surface area contributed by atoms with Crippen molar-refractivity contribution in [1.29, 1.82) is 0 Å². The van der Waals surface area contributed by atoms with Crippen LogP contribution in [0, 0.1) is 11.6 Å². The second-order valence-corrected chi connectivity index (χ2v) is 5.70. The van der Waals surface area contributed by atoms with Gasteiger partial charge in [-0.25, -0.2) is 8.78 Å². The largest absolute Gasteiger partial charge is 0.338 e. The maximum Gasteiger partial charge on any atom is 0.249 e. The minimum Gasteiger partial charge on any atom is -0.338 e. The van der Waals surface area contributed by atoms with Crippen molar-refractivity contribution in [2.24, 2.45) is 0 Å². The minimum absolute atomic E-state index is 0.0774. The summed E-state index contributed by atoms with van der Waals surface area (Å²) in [7, 11) is 0. The van der Waals surface area contributed by atoms with Crippen LogP contribution in [0.4, 0.5) is 31.9 Å². The highest BCUT2D eigenvalue weighted by molar-refractivity contribution is 5.65. The number of halogens is 2. The molecule has 0 spiro atoms. The monoisotopic (exact) mass is 355 g/mol. The van der Waals surface area contributed by atoms with Crippen molar-refractivity contribution in [3.8, 4) is 0 Å². The molecule has 2 aromatic carbocycles. The standard InChI is InChI=1S/C19H19F2N5/c1-3-12-6-5-7-13(4-2)18(12)24-17-11-22-26-19(25-17)23-16-9-8-14(20)10-15(16)21/h5-11H,3-4H2,1-2H3,(H2,23,24,25,26). The Labute approximate surface area is 150 Å². The van der Waals surface area contributed by atoms with Gasteiger partial charge in [0.15, 0.2) is 5.82 Å². The molecule has 0 amide bonds. The van der Waals surface area contributed by atoms with Crippen LogP contribution in [0.2, 0.25) is 0 Å². The van der Waals surface area contributed by atoms with Crippen LogP contribution in [0.3, 0.4) is 0 Å². The number of nitrogens with zero attached hydrogens (tertiary/aromatic N) is 3. The molecule has 7 heteroatoms. The maximum absolute atomic E-state index is 13.8. The molecule has 0 aliphatic rings. The third-order valence-corrected chi connectivity index (χ3v) is 3.99. The number of anilines is 4. The van der Waals surface area contributed by atoms with E-state index in [1.165, 1.54) is 23.4 Å². The third kappa shape index (κ3) is 3.93. The molecule has 1 aromatic heterocycles. The summed E-state index contributed by atoms with van der Waals surface area (Å²) in [5, 5.41) is 13.8. The number of aromatic nitrogens is 3. The van der Waals surface area contributed by atoms with Crippen LogP contribution in [-0.2, 0) is 12.8 Å². The quantitative estimate of drug-likeness (QED) is 0.667. The van der Waals surface area contributed by atoms with Gasteiger partial charge in [0, 0.05) is 11.8 Å². The highest BCUT2D eigenvalue weighted by Crippen LogP contribution is 2.26. The lowest BCUT2D eigenvalue weighted by Crippen LogP contribution is -2.06. The zero-order valence-corrected chi connectivity index (χ0v) is 14.6. The van der Waals surface area contributed by atoms with Crippen molar-refractivity contribution in [3.63, 3.8) is 0 Å². The Morgan fingerprint density at radius 3 is 2.35 bits per heavy atom. The first kappa shape index (κ1) is 17.7. The topological polar surface area (TPSA) is 62.7 Å². The van der Waals surface area contributed by atoms with Crippen LogP contribution in [0.25, 0.3) is 0 Å². The number of rotatable bonds is 6. The highest BCUT2D eigenvalue weighted by Gasteiger charge is 2.10. The number of hydrogen-bond donors (Lipinski definition) is 2. The Bertz CT molecular complexity index is 892. The van der Waals surface area contributed by atoms with Gasteiger partial charge in [-0.3, -0.25) is 0 Å². The van der Waals surface area contributed by atoms with Crippen LogP contribution in [-0.4, -0.2) is 15.2 Å². The molecule has 5 nitrogen and oxygen atoms in total. The highest BCUT2D eigenvalue weighted by atomic mass is 19.1. The number of para-hydroxylation sites is 1. The predicted octanol–water partition coefficient (Wildman–Crippen LogP) is 4.76. The van der Waals surface area contributed by atoms with E-state index in [2.05, 4.69) is 51.8 Å². The zero-order chi connectivity index (χ0) is 18.5. The molecule has 0 radical (unpaired) electrons. The summed E-state index contributed by atoms with van der Waals surface area (Å²) in [6, 6.07) is 9.39. The van der Waals surface area contributed by atoms with E-state index in [1.54, 1.807) is 0 Å². The van der Waals surface area contributed by atoms with Gasteiger partial charge in [0.2, 0.25) is 5.95 Å².